The minimum atomic E-state index is 0.509. The lowest BCUT2D eigenvalue weighted by atomic mass is 9.69. The molecule has 1 saturated carbocycles. The monoisotopic (exact) mass is 305 g/mol. The maximum Gasteiger partial charge on any atom is 0.0535 e. The van der Waals surface area contributed by atoms with Gasteiger partial charge in [0.05, 0.1) is 12.8 Å². The minimum Gasteiger partial charge on any atom is -0.381 e. The van der Waals surface area contributed by atoms with E-state index in [4.69, 9.17) is 4.74 Å². The van der Waals surface area contributed by atoms with Crippen molar-refractivity contribution in [3.05, 3.63) is 17.5 Å². The van der Waals surface area contributed by atoms with Crippen LogP contribution in [0.15, 0.2) is 6.20 Å². The van der Waals surface area contributed by atoms with Crippen LogP contribution in [0.3, 0.4) is 0 Å². The van der Waals surface area contributed by atoms with Crippen molar-refractivity contribution in [3.8, 4) is 0 Å². The van der Waals surface area contributed by atoms with E-state index in [0.717, 1.165) is 19.8 Å². The standard InChI is InChI=1S/C18H31N3O/c1-3-4-10-21(2)13-16-12-19-20-17(16)15-5-7-18(8-6-15)9-11-22-14-18/h12,15H,3-11,13-14H2,1-2H3,(H,19,20). The Morgan fingerprint density at radius 3 is 2.86 bits per heavy atom. The Hall–Kier alpha value is -0.870. The van der Waals surface area contributed by atoms with E-state index in [2.05, 4.69) is 29.1 Å². The van der Waals surface area contributed by atoms with Crippen molar-refractivity contribution in [2.75, 3.05) is 26.8 Å². The molecule has 1 N–H and O–H groups in total. The second-order valence-corrected chi connectivity index (χ2v) is 7.48. The molecule has 4 nitrogen and oxygen atoms in total. The van der Waals surface area contributed by atoms with Crippen LogP contribution in [0.1, 0.15) is 69.0 Å². The summed E-state index contributed by atoms with van der Waals surface area (Å²) in [6, 6.07) is 0. The number of aromatic nitrogens is 2. The lowest BCUT2D eigenvalue weighted by molar-refractivity contribution is 0.116. The molecule has 1 spiro atoms. The van der Waals surface area contributed by atoms with Gasteiger partial charge in [0.2, 0.25) is 0 Å². The number of rotatable bonds is 6. The highest BCUT2D eigenvalue weighted by Crippen LogP contribution is 2.47. The number of ether oxygens (including phenoxy) is 1. The lowest BCUT2D eigenvalue weighted by Crippen LogP contribution is -2.28. The fourth-order valence-corrected chi connectivity index (χ4v) is 4.16. The smallest absolute Gasteiger partial charge is 0.0535 e. The Morgan fingerprint density at radius 1 is 1.36 bits per heavy atom. The second-order valence-electron chi connectivity index (χ2n) is 7.48. The minimum absolute atomic E-state index is 0.509. The molecule has 3 rings (SSSR count). The first-order valence-corrected chi connectivity index (χ1v) is 9.01. The molecule has 1 aromatic heterocycles. The molecule has 2 aliphatic rings. The average Bonchev–Trinajstić information content (AvgIpc) is 3.16. The number of aromatic amines is 1. The van der Waals surface area contributed by atoms with Gasteiger partial charge in [0.25, 0.3) is 0 Å². The number of nitrogens with one attached hydrogen (secondary N) is 1. The van der Waals surface area contributed by atoms with E-state index in [0.29, 0.717) is 11.3 Å². The second kappa shape index (κ2) is 7.14. The number of nitrogens with zero attached hydrogens (tertiary/aromatic N) is 2. The molecule has 0 radical (unpaired) electrons. The summed E-state index contributed by atoms with van der Waals surface area (Å²) in [5, 5.41) is 7.65. The Morgan fingerprint density at radius 2 is 2.18 bits per heavy atom. The molecule has 0 unspecified atom stereocenters. The predicted octanol–water partition coefficient (Wildman–Crippen LogP) is 3.71. The highest BCUT2D eigenvalue weighted by Gasteiger charge is 2.39. The van der Waals surface area contributed by atoms with Gasteiger partial charge in [0, 0.05) is 30.3 Å². The molecule has 0 amide bonds. The molecule has 2 fully saturated rings. The molecule has 1 aliphatic heterocycles. The van der Waals surface area contributed by atoms with Gasteiger partial charge in [-0.25, -0.2) is 0 Å². The highest BCUT2D eigenvalue weighted by molar-refractivity contribution is 5.21. The topological polar surface area (TPSA) is 41.2 Å². The van der Waals surface area contributed by atoms with Crippen LogP contribution in [0.25, 0.3) is 0 Å². The summed E-state index contributed by atoms with van der Waals surface area (Å²) in [5.74, 6) is 0.670. The summed E-state index contributed by atoms with van der Waals surface area (Å²) in [6.45, 7) is 6.42. The van der Waals surface area contributed by atoms with Crippen LogP contribution in [0.2, 0.25) is 0 Å². The van der Waals surface area contributed by atoms with Gasteiger partial charge in [-0.15, -0.1) is 0 Å². The van der Waals surface area contributed by atoms with Crippen LogP contribution < -0.4 is 0 Å². The van der Waals surface area contributed by atoms with Gasteiger partial charge in [-0.3, -0.25) is 5.10 Å². The molecule has 4 heteroatoms. The van der Waals surface area contributed by atoms with Crippen molar-refractivity contribution in [1.29, 1.82) is 0 Å². The third kappa shape index (κ3) is 3.54. The molecular formula is C18H31N3O. The van der Waals surface area contributed by atoms with Crippen LogP contribution in [0.5, 0.6) is 0 Å². The largest absolute Gasteiger partial charge is 0.381 e. The fraction of sp³-hybridized carbons (Fsp3) is 0.833. The third-order valence-corrected chi connectivity index (χ3v) is 5.72. The van der Waals surface area contributed by atoms with Crippen LogP contribution in [0.4, 0.5) is 0 Å². The van der Waals surface area contributed by atoms with Gasteiger partial charge in [0.15, 0.2) is 0 Å². The molecular weight excluding hydrogens is 274 g/mol. The number of hydrogen-bond donors (Lipinski definition) is 1. The van der Waals surface area contributed by atoms with Crippen molar-refractivity contribution < 1.29 is 4.74 Å². The van der Waals surface area contributed by atoms with Gasteiger partial charge in [-0.2, -0.15) is 5.10 Å². The number of unbranched alkanes of at least 4 members (excludes halogenated alkanes) is 1. The summed E-state index contributed by atoms with van der Waals surface area (Å²) in [4.78, 5) is 2.42. The van der Waals surface area contributed by atoms with E-state index >= 15 is 0 Å². The van der Waals surface area contributed by atoms with Crippen LogP contribution in [-0.2, 0) is 11.3 Å². The van der Waals surface area contributed by atoms with Gasteiger partial charge in [-0.05, 0) is 57.5 Å². The molecule has 1 aromatic rings. The summed E-state index contributed by atoms with van der Waals surface area (Å²) >= 11 is 0. The zero-order valence-corrected chi connectivity index (χ0v) is 14.2. The van der Waals surface area contributed by atoms with Crippen molar-refractivity contribution >= 4 is 0 Å². The zero-order chi connectivity index (χ0) is 15.4. The third-order valence-electron chi connectivity index (χ3n) is 5.72. The first kappa shape index (κ1) is 16.0. The summed E-state index contributed by atoms with van der Waals surface area (Å²) in [7, 11) is 2.22. The molecule has 1 saturated heterocycles. The van der Waals surface area contributed by atoms with Crippen LogP contribution >= 0.6 is 0 Å². The van der Waals surface area contributed by atoms with Crippen LogP contribution in [-0.4, -0.2) is 41.9 Å². The molecule has 0 aromatic carbocycles. The lowest BCUT2D eigenvalue weighted by Gasteiger charge is -2.36. The first-order chi connectivity index (χ1) is 10.7. The fourth-order valence-electron chi connectivity index (χ4n) is 4.16. The number of hydrogen-bond acceptors (Lipinski definition) is 3. The van der Waals surface area contributed by atoms with E-state index < -0.39 is 0 Å². The van der Waals surface area contributed by atoms with Crippen molar-refractivity contribution in [3.63, 3.8) is 0 Å². The van der Waals surface area contributed by atoms with E-state index in [1.807, 2.05) is 6.20 Å². The van der Waals surface area contributed by atoms with Crippen LogP contribution in [0, 0.1) is 5.41 Å². The van der Waals surface area contributed by atoms with Crippen molar-refractivity contribution in [2.45, 2.75) is 64.3 Å². The Bertz CT molecular complexity index is 455. The molecule has 2 heterocycles. The predicted molar refractivity (Wildman–Crippen MR) is 88.9 cm³/mol. The number of H-pyrrole nitrogens is 1. The van der Waals surface area contributed by atoms with E-state index in [9.17, 15) is 0 Å². The zero-order valence-electron chi connectivity index (χ0n) is 14.2. The van der Waals surface area contributed by atoms with E-state index in [-0.39, 0.29) is 0 Å². The highest BCUT2D eigenvalue weighted by atomic mass is 16.5. The molecule has 0 bridgehead atoms. The molecule has 124 valence electrons. The van der Waals surface area contributed by atoms with Crippen molar-refractivity contribution in [2.24, 2.45) is 5.41 Å². The van der Waals surface area contributed by atoms with E-state index in [1.54, 1.807) is 0 Å². The summed E-state index contributed by atoms with van der Waals surface area (Å²) in [6.07, 6.45) is 11.1. The summed E-state index contributed by atoms with van der Waals surface area (Å²) < 4.78 is 5.65. The van der Waals surface area contributed by atoms with Gasteiger partial charge >= 0.3 is 0 Å². The SMILES string of the molecule is CCCCN(C)Cc1cn[nH]c1C1CCC2(CCOC2)CC1. The molecule has 0 atom stereocenters. The molecule has 1 aliphatic carbocycles. The normalized spacial score (nSPS) is 28.8. The van der Waals surface area contributed by atoms with Gasteiger partial charge < -0.3 is 9.64 Å². The maximum atomic E-state index is 5.65. The van der Waals surface area contributed by atoms with Gasteiger partial charge in [-0.1, -0.05) is 13.3 Å². The average molecular weight is 305 g/mol. The van der Waals surface area contributed by atoms with Gasteiger partial charge in [0.1, 0.15) is 0 Å². The molecule has 22 heavy (non-hydrogen) atoms. The first-order valence-electron chi connectivity index (χ1n) is 9.01. The van der Waals surface area contributed by atoms with Crippen molar-refractivity contribution in [1.82, 2.24) is 15.1 Å². The van der Waals surface area contributed by atoms with E-state index in [1.165, 1.54) is 62.7 Å². The Kier molecular flexibility index (Phi) is 5.19. The Balaban J connectivity index is 1.58. The Labute approximate surface area is 134 Å². The maximum absolute atomic E-state index is 5.65. The summed E-state index contributed by atoms with van der Waals surface area (Å²) in [5.41, 5.74) is 3.31. The quantitative estimate of drug-likeness (QED) is 0.871.